The van der Waals surface area contributed by atoms with Crippen molar-refractivity contribution in [2.24, 2.45) is 11.7 Å². The predicted molar refractivity (Wildman–Crippen MR) is 80.0 cm³/mol. The number of anilines is 1. The van der Waals surface area contributed by atoms with Crippen LogP contribution in [-0.2, 0) is 16.1 Å². The maximum atomic E-state index is 11.8. The Morgan fingerprint density at radius 1 is 1.25 bits per heavy atom. The molecule has 1 rings (SSSR count). The van der Waals surface area contributed by atoms with E-state index in [-0.39, 0.29) is 17.7 Å². The van der Waals surface area contributed by atoms with Crippen molar-refractivity contribution in [3.05, 3.63) is 29.8 Å². The summed E-state index contributed by atoms with van der Waals surface area (Å²) >= 11 is 0. The minimum atomic E-state index is -0.473. The molecule has 0 aliphatic heterocycles. The molecule has 2 unspecified atom stereocenters. The molecule has 0 aliphatic rings. The molecule has 1 aromatic rings. The Hall–Kier alpha value is -1.88. The van der Waals surface area contributed by atoms with E-state index >= 15 is 0 Å². The number of hydrogen-bond acceptors (Lipinski definition) is 3. The van der Waals surface area contributed by atoms with Crippen LogP contribution in [-0.4, -0.2) is 17.9 Å². The summed E-state index contributed by atoms with van der Waals surface area (Å²) < 4.78 is 0. The molecule has 1 aromatic carbocycles. The summed E-state index contributed by atoms with van der Waals surface area (Å²) in [6.45, 7) is 5.87. The average molecular weight is 277 g/mol. The van der Waals surface area contributed by atoms with E-state index in [0.29, 0.717) is 6.54 Å². The molecule has 2 atom stereocenters. The molecule has 0 bridgehead atoms. The molecule has 5 nitrogen and oxygen atoms in total. The van der Waals surface area contributed by atoms with Crippen molar-refractivity contribution in [3.8, 4) is 0 Å². The minimum absolute atomic E-state index is 0.106. The van der Waals surface area contributed by atoms with E-state index in [0.717, 1.165) is 17.7 Å². The molecule has 0 radical (unpaired) electrons. The Morgan fingerprint density at radius 2 is 1.85 bits per heavy atom. The monoisotopic (exact) mass is 277 g/mol. The third kappa shape index (κ3) is 5.01. The molecule has 0 spiro atoms. The third-order valence-corrected chi connectivity index (χ3v) is 3.30. The quantitative estimate of drug-likeness (QED) is 0.739. The van der Waals surface area contributed by atoms with E-state index in [4.69, 9.17) is 5.73 Å². The van der Waals surface area contributed by atoms with Crippen LogP contribution in [0.4, 0.5) is 5.69 Å². The van der Waals surface area contributed by atoms with Crippen molar-refractivity contribution in [1.82, 2.24) is 5.32 Å². The number of rotatable bonds is 6. The first-order valence-corrected chi connectivity index (χ1v) is 6.83. The summed E-state index contributed by atoms with van der Waals surface area (Å²) in [4.78, 5) is 22.7. The summed E-state index contributed by atoms with van der Waals surface area (Å²) in [5.41, 5.74) is 7.56. The van der Waals surface area contributed by atoms with Crippen molar-refractivity contribution in [1.29, 1.82) is 0 Å². The summed E-state index contributed by atoms with van der Waals surface area (Å²) in [7, 11) is 0. The number of carbonyl (C=O) groups is 2. The molecule has 5 heteroatoms. The van der Waals surface area contributed by atoms with Gasteiger partial charge in [-0.05, 0) is 23.6 Å². The second-order valence-corrected chi connectivity index (χ2v) is 5.01. The molecule has 2 amide bonds. The van der Waals surface area contributed by atoms with Crippen LogP contribution in [0.25, 0.3) is 0 Å². The zero-order chi connectivity index (χ0) is 15.1. The smallest absolute Gasteiger partial charge is 0.237 e. The predicted octanol–water partition coefficient (Wildman–Crippen LogP) is 1.63. The van der Waals surface area contributed by atoms with Gasteiger partial charge in [0.05, 0.1) is 6.04 Å². The maximum absolute atomic E-state index is 11.8. The van der Waals surface area contributed by atoms with E-state index in [1.807, 2.05) is 26.0 Å². The lowest BCUT2D eigenvalue weighted by Gasteiger charge is -2.17. The Kier molecular flexibility index (Phi) is 6.18. The van der Waals surface area contributed by atoms with Gasteiger partial charge in [-0.25, -0.2) is 0 Å². The van der Waals surface area contributed by atoms with Crippen molar-refractivity contribution in [3.63, 3.8) is 0 Å². The molecule has 0 aromatic heterocycles. The molecule has 0 aliphatic carbocycles. The van der Waals surface area contributed by atoms with Gasteiger partial charge in [0, 0.05) is 19.2 Å². The summed E-state index contributed by atoms with van der Waals surface area (Å²) in [5.74, 6) is -0.0759. The minimum Gasteiger partial charge on any atom is -0.351 e. The van der Waals surface area contributed by atoms with Gasteiger partial charge in [0.2, 0.25) is 11.8 Å². The second kappa shape index (κ2) is 7.65. The number of hydrogen-bond donors (Lipinski definition) is 3. The summed E-state index contributed by atoms with van der Waals surface area (Å²) in [6.07, 6.45) is 0.875. The molecule has 0 heterocycles. The number of carbonyl (C=O) groups excluding carboxylic acids is 2. The first-order chi connectivity index (χ1) is 9.43. The van der Waals surface area contributed by atoms with Gasteiger partial charge in [-0.2, -0.15) is 0 Å². The van der Waals surface area contributed by atoms with Crippen LogP contribution in [0.15, 0.2) is 24.3 Å². The number of nitrogens with one attached hydrogen (secondary N) is 2. The van der Waals surface area contributed by atoms with Gasteiger partial charge in [0.25, 0.3) is 0 Å². The van der Waals surface area contributed by atoms with E-state index in [9.17, 15) is 9.59 Å². The van der Waals surface area contributed by atoms with E-state index in [1.54, 1.807) is 12.1 Å². The van der Waals surface area contributed by atoms with Gasteiger partial charge in [-0.3, -0.25) is 9.59 Å². The molecule has 0 saturated heterocycles. The highest BCUT2D eigenvalue weighted by Crippen LogP contribution is 2.10. The SMILES string of the molecule is CCC(C)C(N)C(=O)NCc1ccc(NC(C)=O)cc1. The van der Waals surface area contributed by atoms with Crippen molar-refractivity contribution < 1.29 is 9.59 Å². The van der Waals surface area contributed by atoms with Crippen molar-refractivity contribution in [2.75, 3.05) is 5.32 Å². The highest BCUT2D eigenvalue weighted by molar-refractivity contribution is 5.88. The fourth-order valence-corrected chi connectivity index (χ4v) is 1.73. The van der Waals surface area contributed by atoms with Crippen molar-refractivity contribution >= 4 is 17.5 Å². The zero-order valence-corrected chi connectivity index (χ0v) is 12.3. The first-order valence-electron chi connectivity index (χ1n) is 6.83. The summed E-state index contributed by atoms with van der Waals surface area (Å²) in [6, 6.07) is 6.86. The van der Waals surface area contributed by atoms with Gasteiger partial charge in [0.15, 0.2) is 0 Å². The number of nitrogens with two attached hydrogens (primary N) is 1. The van der Waals surface area contributed by atoms with Gasteiger partial charge < -0.3 is 16.4 Å². The van der Waals surface area contributed by atoms with Crippen LogP contribution in [0.2, 0.25) is 0 Å². The largest absolute Gasteiger partial charge is 0.351 e. The molecular weight excluding hydrogens is 254 g/mol. The zero-order valence-electron chi connectivity index (χ0n) is 12.3. The third-order valence-electron chi connectivity index (χ3n) is 3.30. The topological polar surface area (TPSA) is 84.2 Å². The van der Waals surface area contributed by atoms with Gasteiger partial charge in [-0.15, -0.1) is 0 Å². The lowest BCUT2D eigenvalue weighted by atomic mass is 9.99. The van der Waals surface area contributed by atoms with Gasteiger partial charge >= 0.3 is 0 Å². The van der Waals surface area contributed by atoms with Gasteiger partial charge in [0.1, 0.15) is 0 Å². The highest BCUT2D eigenvalue weighted by Gasteiger charge is 2.18. The highest BCUT2D eigenvalue weighted by atomic mass is 16.2. The van der Waals surface area contributed by atoms with Crippen LogP contribution in [0.5, 0.6) is 0 Å². The number of amides is 2. The second-order valence-electron chi connectivity index (χ2n) is 5.01. The normalized spacial score (nSPS) is 13.4. The fourth-order valence-electron chi connectivity index (χ4n) is 1.73. The molecule has 110 valence electrons. The molecule has 4 N–H and O–H groups in total. The van der Waals surface area contributed by atoms with E-state index < -0.39 is 6.04 Å². The average Bonchev–Trinajstić information content (AvgIpc) is 2.44. The van der Waals surface area contributed by atoms with Crippen LogP contribution < -0.4 is 16.4 Å². The summed E-state index contributed by atoms with van der Waals surface area (Å²) in [5, 5.41) is 5.51. The van der Waals surface area contributed by atoms with Crippen LogP contribution in [0.3, 0.4) is 0 Å². The van der Waals surface area contributed by atoms with Crippen molar-refractivity contribution in [2.45, 2.75) is 39.8 Å². The molecule has 0 saturated carbocycles. The maximum Gasteiger partial charge on any atom is 0.237 e. The van der Waals surface area contributed by atoms with Crippen LogP contribution >= 0.6 is 0 Å². The van der Waals surface area contributed by atoms with Crippen LogP contribution in [0.1, 0.15) is 32.8 Å². The Morgan fingerprint density at radius 3 is 2.35 bits per heavy atom. The Labute approximate surface area is 119 Å². The van der Waals surface area contributed by atoms with E-state index in [2.05, 4.69) is 10.6 Å². The lowest BCUT2D eigenvalue weighted by Crippen LogP contribution is -2.44. The molecule has 0 fully saturated rings. The standard InChI is InChI=1S/C15H23N3O2/c1-4-10(2)14(16)15(20)17-9-12-5-7-13(8-6-12)18-11(3)19/h5-8,10,14H,4,9,16H2,1-3H3,(H,17,20)(H,18,19). The van der Waals surface area contributed by atoms with Crippen LogP contribution in [0, 0.1) is 5.92 Å². The van der Waals surface area contributed by atoms with E-state index in [1.165, 1.54) is 6.92 Å². The lowest BCUT2D eigenvalue weighted by molar-refractivity contribution is -0.123. The molecular formula is C15H23N3O2. The van der Waals surface area contributed by atoms with Gasteiger partial charge in [-0.1, -0.05) is 32.4 Å². The first kappa shape index (κ1) is 16.2. The Bertz CT molecular complexity index is 457. The fraction of sp³-hybridized carbons (Fsp3) is 0.467. The molecule has 20 heavy (non-hydrogen) atoms. The number of benzene rings is 1. The Balaban J connectivity index is 2.49.